The van der Waals surface area contributed by atoms with Gasteiger partial charge in [0, 0.05) is 25.0 Å². The predicted molar refractivity (Wildman–Crippen MR) is 82.6 cm³/mol. The molecule has 1 saturated carbocycles. The summed E-state index contributed by atoms with van der Waals surface area (Å²) in [5.41, 5.74) is 1.99. The number of benzene rings is 1. The van der Waals surface area contributed by atoms with Gasteiger partial charge in [-0.05, 0) is 35.8 Å². The molecule has 4 nitrogen and oxygen atoms in total. The summed E-state index contributed by atoms with van der Waals surface area (Å²) in [6, 6.07) is 4.95. The van der Waals surface area contributed by atoms with Gasteiger partial charge in [-0.2, -0.15) is 0 Å². The van der Waals surface area contributed by atoms with Crippen LogP contribution in [0.5, 0.6) is 0 Å². The Morgan fingerprint density at radius 3 is 2.48 bits per heavy atom. The summed E-state index contributed by atoms with van der Waals surface area (Å²) in [5, 5.41) is 10.6. The van der Waals surface area contributed by atoms with Crippen molar-refractivity contribution in [3.63, 3.8) is 0 Å². The number of rotatable bonds is 1. The van der Waals surface area contributed by atoms with Gasteiger partial charge in [-0.25, -0.2) is 0 Å². The Balaban J connectivity index is 0.000000774. The lowest BCUT2D eigenvalue weighted by Crippen LogP contribution is -2.29. The summed E-state index contributed by atoms with van der Waals surface area (Å²) in [5.74, 6) is 0.302. The first-order chi connectivity index (χ1) is 10.0. The van der Waals surface area contributed by atoms with Crippen LogP contribution in [0.25, 0.3) is 0 Å². The molecule has 1 aromatic carbocycles. The minimum Gasteiger partial charge on any atom is -0.300 e. The lowest BCUT2D eigenvalue weighted by Gasteiger charge is -2.35. The Bertz CT molecular complexity index is 575. The van der Waals surface area contributed by atoms with Crippen molar-refractivity contribution in [2.75, 3.05) is 0 Å². The number of halogens is 1. The molecule has 21 heavy (non-hydrogen) atoms. The summed E-state index contributed by atoms with van der Waals surface area (Å²) in [4.78, 5) is 21.8. The van der Waals surface area contributed by atoms with Crippen LogP contribution in [-0.4, -0.2) is 10.7 Å². The van der Waals surface area contributed by atoms with E-state index in [4.69, 9.17) is 11.6 Å². The summed E-state index contributed by atoms with van der Waals surface area (Å²) in [7, 11) is 0. The summed E-state index contributed by atoms with van der Waals surface area (Å²) >= 11 is 6.57. The Morgan fingerprint density at radius 2 is 1.90 bits per heavy atom. The topological polar surface area (TPSA) is 60.2 Å². The molecule has 1 spiro atoms. The number of nitro benzene ring substituents is 1. The van der Waals surface area contributed by atoms with Crippen LogP contribution < -0.4 is 0 Å². The fourth-order valence-electron chi connectivity index (χ4n) is 3.35. The largest absolute Gasteiger partial charge is 0.300 e. The van der Waals surface area contributed by atoms with E-state index in [-0.39, 0.29) is 21.4 Å². The van der Waals surface area contributed by atoms with Crippen LogP contribution in [-0.2, 0) is 11.2 Å². The SMILES string of the molecule is C=C.O=C1CCC2(CC1)Cc1ccc([N+](=O)[O-])cc1C2Cl. The molecular weight excluding hydrogens is 290 g/mol. The molecule has 5 heteroatoms. The van der Waals surface area contributed by atoms with Gasteiger partial charge in [0.25, 0.3) is 5.69 Å². The van der Waals surface area contributed by atoms with Crippen molar-refractivity contribution in [3.05, 3.63) is 52.6 Å². The molecule has 112 valence electrons. The Hall–Kier alpha value is -1.68. The highest BCUT2D eigenvalue weighted by molar-refractivity contribution is 6.22. The standard InChI is InChI=1S/C14H14ClNO3.C2H4/c15-13-12-7-10(16(18)19)2-1-9(12)8-14(13)5-3-11(17)4-6-14;1-2/h1-2,7,13H,3-6,8H2;1-2H2. The minimum atomic E-state index is -0.390. The number of nitrogens with zero attached hydrogens (tertiary/aromatic N) is 1. The molecule has 2 aliphatic rings. The van der Waals surface area contributed by atoms with Gasteiger partial charge in [-0.1, -0.05) is 6.07 Å². The van der Waals surface area contributed by atoms with Gasteiger partial charge in [0.2, 0.25) is 0 Å². The molecule has 1 atom stereocenters. The van der Waals surface area contributed by atoms with Crippen molar-refractivity contribution in [2.24, 2.45) is 5.41 Å². The van der Waals surface area contributed by atoms with E-state index in [0.717, 1.165) is 30.4 Å². The molecule has 0 radical (unpaired) electrons. The molecule has 1 aromatic rings. The number of carbonyl (C=O) groups excluding carboxylic acids is 1. The highest BCUT2D eigenvalue weighted by Gasteiger charge is 2.47. The van der Waals surface area contributed by atoms with Crippen LogP contribution in [0.2, 0.25) is 0 Å². The Morgan fingerprint density at radius 1 is 1.29 bits per heavy atom. The van der Waals surface area contributed by atoms with E-state index in [2.05, 4.69) is 13.2 Å². The van der Waals surface area contributed by atoms with Gasteiger partial charge in [-0.15, -0.1) is 24.8 Å². The molecule has 0 amide bonds. The molecule has 3 rings (SSSR count). The van der Waals surface area contributed by atoms with E-state index in [0.29, 0.717) is 18.6 Å². The van der Waals surface area contributed by atoms with Crippen LogP contribution in [0.15, 0.2) is 31.4 Å². The number of fused-ring (bicyclic) bond motifs is 1. The van der Waals surface area contributed by atoms with Gasteiger partial charge in [0.1, 0.15) is 5.78 Å². The van der Waals surface area contributed by atoms with Gasteiger partial charge in [0.15, 0.2) is 0 Å². The average molecular weight is 308 g/mol. The molecule has 0 aliphatic heterocycles. The molecule has 0 heterocycles. The number of carbonyl (C=O) groups is 1. The number of nitro groups is 1. The number of hydrogen-bond donors (Lipinski definition) is 0. The summed E-state index contributed by atoms with van der Waals surface area (Å²) in [6.45, 7) is 6.00. The van der Waals surface area contributed by atoms with Crippen LogP contribution in [0.1, 0.15) is 42.2 Å². The van der Waals surface area contributed by atoms with E-state index in [1.165, 1.54) is 6.07 Å². The van der Waals surface area contributed by atoms with Crippen LogP contribution >= 0.6 is 11.6 Å². The first-order valence-corrected chi connectivity index (χ1v) is 7.38. The lowest BCUT2D eigenvalue weighted by molar-refractivity contribution is -0.384. The number of hydrogen-bond acceptors (Lipinski definition) is 3. The van der Waals surface area contributed by atoms with E-state index < -0.39 is 0 Å². The van der Waals surface area contributed by atoms with E-state index in [9.17, 15) is 14.9 Å². The Kier molecular flexibility index (Phi) is 4.47. The second-order valence-electron chi connectivity index (χ2n) is 5.58. The third-order valence-corrected chi connectivity index (χ3v) is 5.19. The van der Waals surface area contributed by atoms with Crippen LogP contribution in [0.4, 0.5) is 5.69 Å². The van der Waals surface area contributed by atoms with Gasteiger partial charge in [-0.3, -0.25) is 14.9 Å². The third-order valence-electron chi connectivity index (χ3n) is 4.50. The van der Waals surface area contributed by atoms with E-state index in [1.807, 2.05) is 6.07 Å². The van der Waals surface area contributed by atoms with Crippen molar-refractivity contribution in [1.82, 2.24) is 0 Å². The molecule has 1 unspecified atom stereocenters. The molecule has 0 bridgehead atoms. The maximum atomic E-state index is 11.4. The smallest absolute Gasteiger partial charge is 0.269 e. The second kappa shape index (κ2) is 5.98. The first-order valence-electron chi connectivity index (χ1n) is 6.95. The third kappa shape index (κ3) is 2.72. The van der Waals surface area contributed by atoms with Crippen LogP contribution in [0, 0.1) is 15.5 Å². The predicted octanol–water partition coefficient (Wildman–Crippen LogP) is 4.36. The molecule has 2 aliphatic carbocycles. The molecular formula is C16H18ClNO3. The van der Waals surface area contributed by atoms with Gasteiger partial charge < -0.3 is 0 Å². The van der Waals surface area contributed by atoms with Crippen molar-refractivity contribution >= 4 is 23.1 Å². The zero-order valence-electron chi connectivity index (χ0n) is 11.8. The van der Waals surface area contributed by atoms with Gasteiger partial charge >= 0.3 is 0 Å². The highest BCUT2D eigenvalue weighted by atomic mass is 35.5. The summed E-state index contributed by atoms with van der Waals surface area (Å²) in [6.07, 6.45) is 3.59. The molecule has 0 aromatic heterocycles. The maximum absolute atomic E-state index is 11.4. The Labute approximate surface area is 129 Å². The summed E-state index contributed by atoms with van der Waals surface area (Å²) < 4.78 is 0. The van der Waals surface area contributed by atoms with E-state index in [1.54, 1.807) is 6.07 Å². The monoisotopic (exact) mass is 307 g/mol. The average Bonchev–Trinajstić information content (AvgIpc) is 2.77. The van der Waals surface area contributed by atoms with Crippen LogP contribution in [0.3, 0.4) is 0 Å². The molecule has 0 saturated heterocycles. The highest BCUT2D eigenvalue weighted by Crippen LogP contribution is 2.57. The molecule has 1 fully saturated rings. The number of non-ortho nitro benzene ring substituents is 1. The zero-order valence-corrected chi connectivity index (χ0v) is 12.6. The number of Topliss-reactive ketones (excluding diaryl/α,β-unsaturated/α-hetero) is 1. The quantitative estimate of drug-likeness (QED) is 0.335. The minimum absolute atomic E-state index is 0.0764. The normalized spacial score (nSPS) is 22.3. The lowest BCUT2D eigenvalue weighted by atomic mass is 9.71. The zero-order chi connectivity index (χ0) is 15.6. The first kappa shape index (κ1) is 15.7. The fraction of sp³-hybridized carbons (Fsp3) is 0.438. The van der Waals surface area contributed by atoms with Crippen molar-refractivity contribution < 1.29 is 9.72 Å². The van der Waals surface area contributed by atoms with Crippen molar-refractivity contribution in [2.45, 2.75) is 37.5 Å². The second-order valence-corrected chi connectivity index (χ2v) is 6.02. The molecule has 0 N–H and O–H groups in total. The fourth-order valence-corrected chi connectivity index (χ4v) is 3.85. The number of alkyl halides is 1. The van der Waals surface area contributed by atoms with E-state index >= 15 is 0 Å². The number of ketones is 1. The van der Waals surface area contributed by atoms with Crippen molar-refractivity contribution in [1.29, 1.82) is 0 Å². The van der Waals surface area contributed by atoms with Gasteiger partial charge in [0.05, 0.1) is 10.3 Å². The van der Waals surface area contributed by atoms with Crippen molar-refractivity contribution in [3.8, 4) is 0 Å². The maximum Gasteiger partial charge on any atom is 0.269 e.